The number of hydrogen-bond acceptors (Lipinski definition) is 1. The molecule has 122 valence electrons. The minimum absolute atomic E-state index is 1.04. The van der Waals surface area contributed by atoms with E-state index in [0.717, 1.165) is 17.7 Å². The summed E-state index contributed by atoms with van der Waals surface area (Å²) in [4.78, 5) is 4.65. The highest BCUT2D eigenvalue weighted by molar-refractivity contribution is 5.95. The Labute approximate surface area is 149 Å². The highest BCUT2D eigenvalue weighted by Crippen LogP contribution is 2.30. The fourth-order valence-corrected chi connectivity index (χ4v) is 3.35. The van der Waals surface area contributed by atoms with Gasteiger partial charge in [-0.1, -0.05) is 80.1 Å². The second-order valence-corrected chi connectivity index (χ2v) is 6.41. The maximum atomic E-state index is 4.65. The molecule has 0 radical (unpaired) electrons. The molecule has 1 heteroatoms. The van der Waals surface area contributed by atoms with Gasteiger partial charge in [0.2, 0.25) is 0 Å². The van der Waals surface area contributed by atoms with E-state index in [-0.39, 0.29) is 0 Å². The molecule has 0 unspecified atom stereocenters. The van der Waals surface area contributed by atoms with Gasteiger partial charge in [0, 0.05) is 17.1 Å². The highest BCUT2D eigenvalue weighted by atomic mass is 14.7. The van der Waals surface area contributed by atoms with Crippen LogP contribution in [-0.4, -0.2) is 4.98 Å². The minimum Gasteiger partial charge on any atom is -0.256 e. The van der Waals surface area contributed by atoms with Crippen LogP contribution in [0.2, 0.25) is 0 Å². The van der Waals surface area contributed by atoms with Crippen molar-refractivity contribution in [3.05, 3.63) is 90.6 Å². The van der Waals surface area contributed by atoms with Gasteiger partial charge in [0.05, 0.1) is 5.69 Å². The van der Waals surface area contributed by atoms with Gasteiger partial charge in [0.25, 0.3) is 0 Å². The zero-order valence-corrected chi connectivity index (χ0v) is 14.4. The average molecular weight is 323 g/mol. The first kappa shape index (κ1) is 15.6. The van der Waals surface area contributed by atoms with Crippen molar-refractivity contribution in [2.75, 3.05) is 0 Å². The Morgan fingerprint density at radius 2 is 1.52 bits per heavy atom. The Morgan fingerprint density at radius 3 is 2.36 bits per heavy atom. The molecule has 0 spiro atoms. The van der Waals surface area contributed by atoms with Crippen LogP contribution < -0.4 is 0 Å². The molecule has 0 aliphatic rings. The average Bonchev–Trinajstić information content (AvgIpc) is 2.68. The van der Waals surface area contributed by atoms with Crippen LogP contribution in [0.25, 0.3) is 33.2 Å². The summed E-state index contributed by atoms with van der Waals surface area (Å²) >= 11 is 0. The third-order valence-corrected chi connectivity index (χ3v) is 4.64. The van der Waals surface area contributed by atoms with Gasteiger partial charge in [-0.05, 0) is 40.6 Å². The minimum atomic E-state index is 1.04. The second kappa shape index (κ2) is 6.90. The molecule has 0 amide bonds. The third kappa shape index (κ3) is 3.18. The van der Waals surface area contributed by atoms with Crippen molar-refractivity contribution in [2.24, 2.45) is 0 Å². The smallest absolute Gasteiger partial charge is 0.0780 e. The van der Waals surface area contributed by atoms with E-state index in [9.17, 15) is 0 Å². The summed E-state index contributed by atoms with van der Waals surface area (Å²) < 4.78 is 0. The van der Waals surface area contributed by atoms with E-state index < -0.39 is 0 Å². The predicted molar refractivity (Wildman–Crippen MR) is 107 cm³/mol. The normalized spacial score (nSPS) is 10.9. The van der Waals surface area contributed by atoms with Crippen LogP contribution in [-0.2, 0) is 6.42 Å². The van der Waals surface area contributed by atoms with Gasteiger partial charge in [0.1, 0.15) is 0 Å². The molecule has 0 fully saturated rings. The van der Waals surface area contributed by atoms with E-state index in [1.54, 1.807) is 0 Å². The molecule has 0 saturated carbocycles. The molecule has 3 aromatic carbocycles. The van der Waals surface area contributed by atoms with E-state index in [2.05, 4.69) is 90.8 Å². The molecule has 25 heavy (non-hydrogen) atoms. The molecule has 1 heterocycles. The molecule has 4 rings (SSSR count). The Bertz CT molecular complexity index is 994. The lowest BCUT2D eigenvalue weighted by atomic mass is 9.98. The molecular formula is C24H21N. The predicted octanol–water partition coefficient (Wildman–Crippen LogP) is 6.52. The lowest BCUT2D eigenvalue weighted by Gasteiger charge is -2.09. The SMILES string of the molecule is CCCc1ccc(-c2cccc(-c3nccc4ccccc34)c2)cc1. The standard InChI is InChI=1S/C24H21N/c1-2-6-18-11-13-19(14-12-18)21-8-5-9-22(17-21)24-23-10-4-3-7-20(23)15-16-25-24/h3-5,7-17H,2,6H2,1H3. The van der Waals surface area contributed by atoms with Crippen LogP contribution in [0.1, 0.15) is 18.9 Å². The first-order chi connectivity index (χ1) is 12.3. The molecule has 1 aromatic heterocycles. The van der Waals surface area contributed by atoms with E-state index >= 15 is 0 Å². The summed E-state index contributed by atoms with van der Waals surface area (Å²) in [5.74, 6) is 0. The molecule has 0 bridgehead atoms. The Morgan fingerprint density at radius 1 is 0.720 bits per heavy atom. The van der Waals surface area contributed by atoms with Gasteiger partial charge >= 0.3 is 0 Å². The van der Waals surface area contributed by atoms with E-state index in [1.807, 2.05) is 6.20 Å². The van der Waals surface area contributed by atoms with Crippen molar-refractivity contribution in [2.45, 2.75) is 19.8 Å². The fourth-order valence-electron chi connectivity index (χ4n) is 3.35. The van der Waals surface area contributed by atoms with Gasteiger partial charge in [-0.25, -0.2) is 0 Å². The second-order valence-electron chi connectivity index (χ2n) is 6.41. The Hall–Kier alpha value is -2.93. The molecule has 0 N–H and O–H groups in total. The first-order valence-corrected chi connectivity index (χ1v) is 8.88. The highest BCUT2D eigenvalue weighted by Gasteiger charge is 2.06. The van der Waals surface area contributed by atoms with Crippen molar-refractivity contribution >= 4 is 10.8 Å². The first-order valence-electron chi connectivity index (χ1n) is 8.88. The maximum Gasteiger partial charge on any atom is 0.0780 e. The zero-order valence-electron chi connectivity index (χ0n) is 14.4. The number of fused-ring (bicyclic) bond motifs is 1. The van der Waals surface area contributed by atoms with Crippen molar-refractivity contribution in [1.82, 2.24) is 4.98 Å². The van der Waals surface area contributed by atoms with Crippen LogP contribution in [0.5, 0.6) is 0 Å². The Balaban J connectivity index is 1.76. The lowest BCUT2D eigenvalue weighted by Crippen LogP contribution is -1.87. The van der Waals surface area contributed by atoms with Crippen molar-refractivity contribution in [3.8, 4) is 22.4 Å². The fraction of sp³-hybridized carbons (Fsp3) is 0.125. The number of aromatic nitrogens is 1. The number of rotatable bonds is 4. The molecular weight excluding hydrogens is 302 g/mol. The molecule has 0 aliphatic carbocycles. The van der Waals surface area contributed by atoms with Gasteiger partial charge in [-0.2, -0.15) is 0 Å². The topological polar surface area (TPSA) is 12.9 Å². The lowest BCUT2D eigenvalue weighted by molar-refractivity contribution is 0.922. The number of pyridine rings is 1. The number of aryl methyl sites for hydroxylation is 1. The van der Waals surface area contributed by atoms with Crippen LogP contribution in [0.3, 0.4) is 0 Å². The van der Waals surface area contributed by atoms with Crippen LogP contribution >= 0.6 is 0 Å². The number of nitrogens with zero attached hydrogens (tertiary/aromatic N) is 1. The summed E-state index contributed by atoms with van der Waals surface area (Å²) in [6.07, 6.45) is 4.21. The molecule has 1 nitrogen and oxygen atoms in total. The summed E-state index contributed by atoms with van der Waals surface area (Å²) in [5.41, 5.74) is 6.09. The van der Waals surface area contributed by atoms with Crippen molar-refractivity contribution in [3.63, 3.8) is 0 Å². The van der Waals surface area contributed by atoms with Gasteiger partial charge in [-0.15, -0.1) is 0 Å². The van der Waals surface area contributed by atoms with Crippen molar-refractivity contribution in [1.29, 1.82) is 0 Å². The molecule has 0 aliphatic heterocycles. The summed E-state index contributed by atoms with van der Waals surface area (Å²) in [6, 6.07) is 28.1. The number of benzene rings is 3. The van der Waals surface area contributed by atoms with E-state index in [1.165, 1.54) is 33.9 Å². The van der Waals surface area contributed by atoms with Gasteiger partial charge < -0.3 is 0 Å². The van der Waals surface area contributed by atoms with E-state index in [0.29, 0.717) is 0 Å². The van der Waals surface area contributed by atoms with Crippen LogP contribution in [0, 0.1) is 0 Å². The van der Waals surface area contributed by atoms with Crippen LogP contribution in [0.4, 0.5) is 0 Å². The van der Waals surface area contributed by atoms with Gasteiger partial charge in [-0.3, -0.25) is 4.98 Å². The summed E-state index contributed by atoms with van der Waals surface area (Å²) in [7, 11) is 0. The molecule has 0 saturated heterocycles. The largest absolute Gasteiger partial charge is 0.256 e. The van der Waals surface area contributed by atoms with Gasteiger partial charge in [0.15, 0.2) is 0 Å². The monoisotopic (exact) mass is 323 g/mol. The number of hydrogen-bond donors (Lipinski definition) is 0. The quantitative estimate of drug-likeness (QED) is 0.416. The maximum absolute atomic E-state index is 4.65. The molecule has 4 aromatic rings. The summed E-state index contributed by atoms with van der Waals surface area (Å²) in [5, 5.41) is 2.42. The molecule has 0 atom stereocenters. The zero-order chi connectivity index (χ0) is 17.1. The summed E-state index contributed by atoms with van der Waals surface area (Å²) in [6.45, 7) is 2.22. The van der Waals surface area contributed by atoms with Crippen molar-refractivity contribution < 1.29 is 0 Å². The third-order valence-electron chi connectivity index (χ3n) is 4.64. The van der Waals surface area contributed by atoms with E-state index in [4.69, 9.17) is 0 Å². The van der Waals surface area contributed by atoms with Crippen LogP contribution in [0.15, 0.2) is 85.1 Å². The Kier molecular flexibility index (Phi) is 4.30.